The second-order valence-electron chi connectivity index (χ2n) is 4.83. The van der Waals surface area contributed by atoms with E-state index in [2.05, 4.69) is 15.0 Å². The van der Waals surface area contributed by atoms with Crippen molar-refractivity contribution in [3.8, 4) is 0 Å². The lowest BCUT2D eigenvalue weighted by atomic mass is 10.2. The van der Waals surface area contributed by atoms with Crippen molar-refractivity contribution in [3.63, 3.8) is 0 Å². The van der Waals surface area contributed by atoms with Crippen LogP contribution in [-0.4, -0.2) is 32.7 Å². The zero-order valence-corrected chi connectivity index (χ0v) is 13.1. The van der Waals surface area contributed by atoms with Crippen LogP contribution < -0.4 is 5.73 Å². The molecule has 0 unspecified atom stereocenters. The molecule has 0 atom stereocenters. The van der Waals surface area contributed by atoms with Crippen LogP contribution in [0.4, 0.5) is 5.95 Å². The predicted octanol–water partition coefficient (Wildman–Crippen LogP) is 2.25. The number of nitrogens with two attached hydrogens (primary N) is 1. The van der Waals surface area contributed by atoms with E-state index in [0.717, 1.165) is 5.56 Å². The molecule has 0 bridgehead atoms. The van der Waals surface area contributed by atoms with Gasteiger partial charge >= 0.3 is 0 Å². The van der Waals surface area contributed by atoms with Gasteiger partial charge in [-0.25, -0.2) is 4.98 Å². The SMILES string of the molecule is Nc1nc(Cl)c2ncn(COCCOCc3ccccc3)c2n1. The van der Waals surface area contributed by atoms with Crippen molar-refractivity contribution in [2.45, 2.75) is 13.3 Å². The van der Waals surface area contributed by atoms with E-state index in [1.54, 1.807) is 10.9 Å². The third-order valence-electron chi connectivity index (χ3n) is 3.15. The van der Waals surface area contributed by atoms with Gasteiger partial charge in [-0.15, -0.1) is 0 Å². The van der Waals surface area contributed by atoms with Crippen molar-refractivity contribution < 1.29 is 9.47 Å². The monoisotopic (exact) mass is 333 g/mol. The molecule has 0 radical (unpaired) electrons. The standard InChI is InChI=1S/C15H16ClN5O2/c16-13-12-14(20-15(17)19-13)21(9-18-12)10-23-7-6-22-8-11-4-2-1-3-5-11/h1-5,9H,6-8,10H2,(H2,17,19,20). The summed E-state index contributed by atoms with van der Waals surface area (Å²) < 4.78 is 12.8. The number of halogens is 1. The molecular weight excluding hydrogens is 318 g/mol. The normalized spacial score (nSPS) is 11.2. The zero-order valence-electron chi connectivity index (χ0n) is 12.4. The predicted molar refractivity (Wildman–Crippen MR) is 86.8 cm³/mol. The first-order chi connectivity index (χ1) is 11.2. The first-order valence-electron chi connectivity index (χ1n) is 7.07. The summed E-state index contributed by atoms with van der Waals surface area (Å²) >= 11 is 5.97. The third-order valence-corrected chi connectivity index (χ3v) is 3.42. The topological polar surface area (TPSA) is 88.1 Å². The van der Waals surface area contributed by atoms with Gasteiger partial charge in [0.1, 0.15) is 12.2 Å². The molecule has 120 valence electrons. The van der Waals surface area contributed by atoms with E-state index in [1.165, 1.54) is 0 Å². The Labute approximate surface area is 138 Å². The Morgan fingerprint density at radius 3 is 2.70 bits per heavy atom. The van der Waals surface area contributed by atoms with E-state index < -0.39 is 0 Å². The Hall–Kier alpha value is -2.22. The molecule has 3 rings (SSSR count). The van der Waals surface area contributed by atoms with Gasteiger partial charge in [0, 0.05) is 0 Å². The number of anilines is 1. The van der Waals surface area contributed by atoms with Gasteiger partial charge in [-0.05, 0) is 5.56 Å². The van der Waals surface area contributed by atoms with E-state index in [9.17, 15) is 0 Å². The average molecular weight is 334 g/mol. The van der Waals surface area contributed by atoms with Crippen LogP contribution in [-0.2, 0) is 22.8 Å². The highest BCUT2D eigenvalue weighted by Gasteiger charge is 2.10. The second-order valence-corrected chi connectivity index (χ2v) is 5.19. The van der Waals surface area contributed by atoms with Crippen LogP contribution >= 0.6 is 11.6 Å². The van der Waals surface area contributed by atoms with Crippen LogP contribution in [0.15, 0.2) is 36.7 Å². The minimum atomic E-state index is 0.107. The maximum Gasteiger partial charge on any atom is 0.223 e. The van der Waals surface area contributed by atoms with Gasteiger partial charge < -0.3 is 15.2 Å². The van der Waals surface area contributed by atoms with E-state index >= 15 is 0 Å². The summed E-state index contributed by atoms with van der Waals surface area (Å²) in [4.78, 5) is 12.1. The number of benzene rings is 1. The molecule has 2 aromatic heterocycles. The molecule has 0 aliphatic carbocycles. The Balaban J connectivity index is 1.46. The van der Waals surface area contributed by atoms with Crippen LogP contribution in [0.25, 0.3) is 11.2 Å². The van der Waals surface area contributed by atoms with Gasteiger partial charge in [0.05, 0.1) is 26.1 Å². The molecular formula is C15H16ClN5O2. The molecule has 0 spiro atoms. The molecule has 1 aromatic carbocycles. The first kappa shape index (κ1) is 15.7. The molecule has 2 N–H and O–H groups in total. The summed E-state index contributed by atoms with van der Waals surface area (Å²) in [6.07, 6.45) is 1.59. The minimum Gasteiger partial charge on any atom is -0.374 e. The summed E-state index contributed by atoms with van der Waals surface area (Å²) in [5.74, 6) is 0.107. The largest absolute Gasteiger partial charge is 0.374 e. The Bertz CT molecular complexity index is 778. The van der Waals surface area contributed by atoms with Crippen LogP contribution in [0, 0.1) is 0 Å². The fourth-order valence-corrected chi connectivity index (χ4v) is 2.28. The lowest BCUT2D eigenvalue weighted by Crippen LogP contribution is -2.08. The average Bonchev–Trinajstić information content (AvgIpc) is 2.95. The molecule has 0 fully saturated rings. The van der Waals surface area contributed by atoms with E-state index in [-0.39, 0.29) is 17.8 Å². The lowest BCUT2D eigenvalue weighted by molar-refractivity contribution is 0.0147. The highest BCUT2D eigenvalue weighted by Crippen LogP contribution is 2.19. The third kappa shape index (κ3) is 3.95. The maximum atomic E-state index is 5.97. The molecule has 3 aromatic rings. The summed E-state index contributed by atoms with van der Waals surface area (Å²) in [6, 6.07) is 9.99. The smallest absolute Gasteiger partial charge is 0.223 e. The van der Waals surface area contributed by atoms with Crippen LogP contribution in [0.1, 0.15) is 5.56 Å². The molecule has 0 amide bonds. The number of hydrogen-bond acceptors (Lipinski definition) is 6. The molecule has 2 heterocycles. The number of fused-ring (bicyclic) bond motifs is 1. The summed E-state index contributed by atoms with van der Waals surface area (Å²) in [6.45, 7) is 1.82. The highest BCUT2D eigenvalue weighted by atomic mass is 35.5. The van der Waals surface area contributed by atoms with Crippen LogP contribution in [0.2, 0.25) is 5.15 Å². The molecule has 0 aliphatic rings. The van der Waals surface area contributed by atoms with E-state index in [0.29, 0.717) is 31.0 Å². The minimum absolute atomic E-state index is 0.107. The van der Waals surface area contributed by atoms with Gasteiger partial charge in [-0.2, -0.15) is 9.97 Å². The van der Waals surface area contributed by atoms with Gasteiger partial charge in [-0.3, -0.25) is 4.57 Å². The summed E-state index contributed by atoms with van der Waals surface area (Å²) in [5, 5.41) is 0.234. The maximum absolute atomic E-state index is 5.97. The van der Waals surface area contributed by atoms with Gasteiger partial charge in [0.2, 0.25) is 5.95 Å². The molecule has 23 heavy (non-hydrogen) atoms. The van der Waals surface area contributed by atoms with Crippen molar-refractivity contribution >= 4 is 28.7 Å². The van der Waals surface area contributed by atoms with E-state index in [4.69, 9.17) is 26.8 Å². The number of imidazole rings is 1. The molecule has 0 saturated heterocycles. The van der Waals surface area contributed by atoms with Crippen molar-refractivity contribution in [2.75, 3.05) is 18.9 Å². The lowest BCUT2D eigenvalue weighted by Gasteiger charge is -2.07. The fourth-order valence-electron chi connectivity index (χ4n) is 2.07. The highest BCUT2D eigenvalue weighted by molar-refractivity contribution is 6.33. The van der Waals surface area contributed by atoms with E-state index in [1.807, 2.05) is 30.3 Å². The number of rotatable bonds is 7. The Morgan fingerprint density at radius 2 is 1.87 bits per heavy atom. The van der Waals surface area contributed by atoms with Gasteiger partial charge in [0.25, 0.3) is 0 Å². The first-order valence-corrected chi connectivity index (χ1v) is 7.45. The molecule has 7 nitrogen and oxygen atoms in total. The van der Waals surface area contributed by atoms with Crippen molar-refractivity contribution in [3.05, 3.63) is 47.4 Å². The van der Waals surface area contributed by atoms with Crippen molar-refractivity contribution in [2.24, 2.45) is 0 Å². The van der Waals surface area contributed by atoms with Gasteiger partial charge in [-0.1, -0.05) is 41.9 Å². The van der Waals surface area contributed by atoms with Gasteiger partial charge in [0.15, 0.2) is 10.8 Å². The molecule has 8 heteroatoms. The number of aromatic nitrogens is 4. The quantitative estimate of drug-likeness (QED) is 0.527. The molecule has 0 saturated carbocycles. The number of nitrogen functional groups attached to an aromatic ring is 1. The Morgan fingerprint density at radius 1 is 1.09 bits per heavy atom. The summed E-state index contributed by atoms with van der Waals surface area (Å²) in [5.41, 5.74) is 7.78. The molecule has 0 aliphatic heterocycles. The number of hydrogen-bond donors (Lipinski definition) is 1. The number of ether oxygens (including phenoxy) is 2. The fraction of sp³-hybridized carbons (Fsp3) is 0.267. The second kappa shape index (κ2) is 7.36. The van der Waals surface area contributed by atoms with Crippen molar-refractivity contribution in [1.29, 1.82) is 0 Å². The summed E-state index contributed by atoms with van der Waals surface area (Å²) in [7, 11) is 0. The zero-order chi connectivity index (χ0) is 16.1. The Kier molecular flexibility index (Phi) is 5.02. The number of nitrogens with zero attached hydrogens (tertiary/aromatic N) is 4. The van der Waals surface area contributed by atoms with Crippen LogP contribution in [0.3, 0.4) is 0 Å². The van der Waals surface area contributed by atoms with Crippen LogP contribution in [0.5, 0.6) is 0 Å². The van der Waals surface area contributed by atoms with Crippen molar-refractivity contribution in [1.82, 2.24) is 19.5 Å².